The quantitative estimate of drug-likeness (QED) is 0.349. The molecule has 0 unspecified atom stereocenters. The number of aryl methyl sites for hydroxylation is 1. The molecule has 2 aromatic carbocycles. The van der Waals surface area contributed by atoms with E-state index in [2.05, 4.69) is 10.2 Å². The monoisotopic (exact) mass is 478 g/mol. The molecule has 3 rings (SSSR count). The van der Waals surface area contributed by atoms with Crippen LogP contribution in [0.5, 0.6) is 5.88 Å². The van der Waals surface area contributed by atoms with Gasteiger partial charge in [0.1, 0.15) is 11.6 Å². The van der Waals surface area contributed by atoms with Crippen LogP contribution in [0.2, 0.25) is 5.02 Å². The molecule has 0 spiro atoms. The predicted molar refractivity (Wildman–Crippen MR) is 128 cm³/mol. The molecular formula is C25H23ClN4O4. The van der Waals surface area contributed by atoms with Crippen molar-refractivity contribution in [1.29, 1.82) is 5.26 Å². The molecule has 0 aliphatic carbocycles. The summed E-state index contributed by atoms with van der Waals surface area (Å²) in [5.41, 5.74) is 0.842. The molecule has 0 saturated heterocycles. The number of ether oxygens (including phenoxy) is 1. The third kappa shape index (κ3) is 5.50. The van der Waals surface area contributed by atoms with Crippen LogP contribution in [0.25, 0.3) is 0 Å². The summed E-state index contributed by atoms with van der Waals surface area (Å²) in [7, 11) is 0. The standard InChI is InChI=1S/C25H23ClN4O4/c1-15(2)34-25(33)19-13-18(9-10-21(19)26)28-29-22-16(3)20(14-27)23(31)30(24(22)32)12-11-17-7-5-4-6-8-17/h4-10,13,15,31H,11-12H2,1-3H3. The van der Waals surface area contributed by atoms with Crippen molar-refractivity contribution in [3.05, 3.63) is 86.2 Å². The number of azo groups is 1. The second-order valence-electron chi connectivity index (χ2n) is 7.79. The average molecular weight is 479 g/mol. The van der Waals surface area contributed by atoms with E-state index in [1.807, 2.05) is 36.4 Å². The van der Waals surface area contributed by atoms with E-state index in [-0.39, 0.29) is 45.7 Å². The van der Waals surface area contributed by atoms with Crippen molar-refractivity contribution in [3.63, 3.8) is 0 Å². The second kappa shape index (κ2) is 10.8. The summed E-state index contributed by atoms with van der Waals surface area (Å²) in [6.45, 7) is 5.11. The molecule has 1 aromatic heterocycles. The summed E-state index contributed by atoms with van der Waals surface area (Å²) < 4.78 is 6.29. The number of halogens is 1. The molecule has 0 saturated carbocycles. The van der Waals surface area contributed by atoms with Crippen LogP contribution in [-0.4, -0.2) is 21.7 Å². The molecule has 3 aromatic rings. The molecule has 0 radical (unpaired) electrons. The Balaban J connectivity index is 1.99. The summed E-state index contributed by atoms with van der Waals surface area (Å²) >= 11 is 6.11. The van der Waals surface area contributed by atoms with Crippen LogP contribution in [0, 0.1) is 18.3 Å². The van der Waals surface area contributed by atoms with Crippen LogP contribution in [0.15, 0.2) is 63.6 Å². The maximum Gasteiger partial charge on any atom is 0.339 e. The lowest BCUT2D eigenvalue weighted by molar-refractivity contribution is 0.0378. The molecule has 0 bridgehead atoms. The Morgan fingerprint density at radius 1 is 1.21 bits per heavy atom. The average Bonchev–Trinajstić information content (AvgIpc) is 2.80. The molecular weight excluding hydrogens is 456 g/mol. The molecule has 0 aliphatic heterocycles. The van der Waals surface area contributed by atoms with E-state index in [0.29, 0.717) is 6.42 Å². The highest BCUT2D eigenvalue weighted by Gasteiger charge is 2.19. The van der Waals surface area contributed by atoms with Crippen LogP contribution in [0.4, 0.5) is 11.4 Å². The van der Waals surface area contributed by atoms with E-state index in [9.17, 15) is 20.0 Å². The summed E-state index contributed by atoms with van der Waals surface area (Å²) in [6, 6.07) is 15.8. The number of nitrogens with zero attached hydrogens (tertiary/aromatic N) is 4. The molecule has 34 heavy (non-hydrogen) atoms. The van der Waals surface area contributed by atoms with Gasteiger partial charge in [0.05, 0.1) is 22.4 Å². The molecule has 1 heterocycles. The Morgan fingerprint density at radius 2 is 1.91 bits per heavy atom. The van der Waals surface area contributed by atoms with Gasteiger partial charge < -0.3 is 9.84 Å². The number of aromatic hydroxyl groups is 1. The Kier molecular flexibility index (Phi) is 7.82. The molecule has 0 fully saturated rings. The van der Waals surface area contributed by atoms with E-state index in [1.165, 1.54) is 25.1 Å². The summed E-state index contributed by atoms with van der Waals surface area (Å²) in [6.07, 6.45) is 0.143. The van der Waals surface area contributed by atoms with Gasteiger partial charge in [-0.2, -0.15) is 10.4 Å². The minimum atomic E-state index is -0.604. The smallest absolute Gasteiger partial charge is 0.339 e. The van der Waals surface area contributed by atoms with Crippen LogP contribution >= 0.6 is 11.6 Å². The molecule has 0 amide bonds. The summed E-state index contributed by atoms with van der Waals surface area (Å²) in [5.74, 6) is -1.02. The second-order valence-corrected chi connectivity index (χ2v) is 8.20. The number of carbonyl (C=O) groups is 1. The van der Waals surface area contributed by atoms with Crippen LogP contribution in [0.3, 0.4) is 0 Å². The van der Waals surface area contributed by atoms with E-state index >= 15 is 0 Å². The zero-order valence-corrected chi connectivity index (χ0v) is 19.7. The van der Waals surface area contributed by atoms with Gasteiger partial charge in [-0.3, -0.25) is 9.36 Å². The molecule has 174 valence electrons. The first kappa shape index (κ1) is 24.7. The number of benzene rings is 2. The SMILES string of the molecule is Cc1c(C#N)c(O)n(CCc2ccccc2)c(=O)c1N=Nc1ccc(Cl)c(C(=O)OC(C)C)c1. The predicted octanol–water partition coefficient (Wildman–Crippen LogP) is 5.61. The minimum Gasteiger partial charge on any atom is -0.493 e. The zero-order chi connectivity index (χ0) is 24.8. The minimum absolute atomic E-state index is 0.0566. The number of hydrogen-bond donors (Lipinski definition) is 1. The first-order chi connectivity index (χ1) is 16.2. The highest BCUT2D eigenvalue weighted by Crippen LogP contribution is 2.29. The number of nitriles is 1. The molecule has 9 heteroatoms. The molecule has 8 nitrogen and oxygen atoms in total. The van der Waals surface area contributed by atoms with Crippen molar-refractivity contribution in [3.8, 4) is 11.9 Å². The summed E-state index contributed by atoms with van der Waals surface area (Å²) in [5, 5.41) is 28.4. The summed E-state index contributed by atoms with van der Waals surface area (Å²) in [4.78, 5) is 25.4. The van der Waals surface area contributed by atoms with Gasteiger partial charge in [-0.15, -0.1) is 5.11 Å². The Bertz CT molecular complexity index is 1340. The lowest BCUT2D eigenvalue weighted by atomic mass is 10.1. The van der Waals surface area contributed by atoms with Crippen molar-refractivity contribution in [1.82, 2.24) is 4.57 Å². The Hall–Kier alpha value is -3.96. The largest absolute Gasteiger partial charge is 0.493 e. The van der Waals surface area contributed by atoms with Gasteiger partial charge in [0.15, 0.2) is 5.69 Å². The van der Waals surface area contributed by atoms with Crippen LogP contribution in [0.1, 0.15) is 40.9 Å². The van der Waals surface area contributed by atoms with Crippen molar-refractivity contribution in [2.75, 3.05) is 0 Å². The number of pyridine rings is 1. The van der Waals surface area contributed by atoms with Gasteiger partial charge >= 0.3 is 5.97 Å². The van der Waals surface area contributed by atoms with Crippen molar-refractivity contribution in [2.24, 2.45) is 10.2 Å². The highest BCUT2D eigenvalue weighted by molar-refractivity contribution is 6.33. The van der Waals surface area contributed by atoms with E-state index in [4.69, 9.17) is 16.3 Å². The fourth-order valence-corrected chi connectivity index (χ4v) is 3.46. The normalized spacial score (nSPS) is 11.1. The number of aromatic nitrogens is 1. The van der Waals surface area contributed by atoms with Gasteiger partial charge in [-0.25, -0.2) is 4.79 Å². The first-order valence-corrected chi connectivity index (χ1v) is 10.9. The van der Waals surface area contributed by atoms with Gasteiger partial charge in [-0.1, -0.05) is 41.9 Å². The Morgan fingerprint density at radius 3 is 2.56 bits per heavy atom. The third-order valence-corrected chi connectivity index (χ3v) is 5.34. The number of hydrogen-bond acceptors (Lipinski definition) is 7. The van der Waals surface area contributed by atoms with E-state index < -0.39 is 17.4 Å². The lowest BCUT2D eigenvalue weighted by Gasteiger charge is -2.13. The van der Waals surface area contributed by atoms with E-state index in [1.54, 1.807) is 13.8 Å². The van der Waals surface area contributed by atoms with Crippen molar-refractivity contribution >= 4 is 28.9 Å². The zero-order valence-electron chi connectivity index (χ0n) is 18.9. The first-order valence-electron chi connectivity index (χ1n) is 10.6. The molecule has 0 atom stereocenters. The van der Waals surface area contributed by atoms with Crippen LogP contribution < -0.4 is 5.56 Å². The maximum absolute atomic E-state index is 13.1. The fourth-order valence-electron chi connectivity index (χ4n) is 3.27. The van der Waals surface area contributed by atoms with Gasteiger partial charge in [0.2, 0.25) is 5.88 Å². The third-order valence-electron chi connectivity index (χ3n) is 5.01. The van der Waals surface area contributed by atoms with Crippen molar-refractivity contribution in [2.45, 2.75) is 39.8 Å². The maximum atomic E-state index is 13.1. The molecule has 0 aliphatic rings. The van der Waals surface area contributed by atoms with Gasteiger partial charge in [0, 0.05) is 12.1 Å². The van der Waals surface area contributed by atoms with E-state index in [0.717, 1.165) is 10.1 Å². The molecule has 1 N–H and O–H groups in total. The Labute approximate surface area is 201 Å². The number of carbonyl (C=O) groups excluding carboxylic acids is 1. The van der Waals surface area contributed by atoms with Gasteiger partial charge in [0.25, 0.3) is 5.56 Å². The fraction of sp³-hybridized carbons (Fsp3) is 0.240. The lowest BCUT2D eigenvalue weighted by Crippen LogP contribution is -2.22. The number of rotatable bonds is 7. The van der Waals surface area contributed by atoms with Crippen molar-refractivity contribution < 1.29 is 14.6 Å². The number of esters is 1. The highest BCUT2D eigenvalue weighted by atomic mass is 35.5. The van der Waals surface area contributed by atoms with Gasteiger partial charge in [-0.05, 0) is 51.0 Å². The topological polar surface area (TPSA) is 117 Å². The van der Waals surface area contributed by atoms with Crippen LogP contribution in [-0.2, 0) is 17.7 Å².